The Morgan fingerprint density at radius 1 is 0.980 bits per heavy atom. The summed E-state index contributed by atoms with van der Waals surface area (Å²) in [4.78, 5) is 30.2. The summed E-state index contributed by atoms with van der Waals surface area (Å²) >= 11 is 0. The van der Waals surface area contributed by atoms with E-state index in [0.29, 0.717) is 30.0 Å². The van der Waals surface area contributed by atoms with Crippen LogP contribution in [0.5, 0.6) is 11.5 Å². The van der Waals surface area contributed by atoms with Crippen molar-refractivity contribution < 1.29 is 28.9 Å². The highest BCUT2D eigenvalue weighted by molar-refractivity contribution is 6.91. The molecule has 0 aliphatic carbocycles. The Labute approximate surface area is 298 Å². The van der Waals surface area contributed by atoms with Crippen LogP contribution in [-0.2, 0) is 15.1 Å². The molecule has 2 N–H and O–H groups in total. The number of aliphatic hydroxyl groups is 1. The van der Waals surface area contributed by atoms with Gasteiger partial charge in [0, 0.05) is 35.9 Å². The topological polar surface area (TPSA) is 97.3 Å². The molecule has 0 unspecified atom stereocenters. The van der Waals surface area contributed by atoms with E-state index in [9.17, 15) is 14.7 Å². The van der Waals surface area contributed by atoms with Crippen molar-refractivity contribution in [2.24, 2.45) is 5.92 Å². The van der Waals surface area contributed by atoms with E-state index < -0.39 is 13.7 Å². The number of rotatable bonds is 13. The van der Waals surface area contributed by atoms with E-state index in [1.54, 1.807) is 38.5 Å². The molecule has 3 aromatic rings. The molecule has 4 atom stereocenters. The molecule has 0 radical (unpaired) electrons. The molecular formula is C41H52N2O6Si. The first-order chi connectivity index (χ1) is 23.9. The lowest BCUT2D eigenvalue weighted by Crippen LogP contribution is -2.51. The second-order valence-corrected chi connectivity index (χ2v) is 19.1. The number of anilines is 2. The standard InChI is InChI=1S/C41H52N2O6Si/c1-27(2)10-9-11-28(3)22-24-43-36-21-14-31(42-39(45)30-12-15-32(47-5)16-13-30)26-35(36)41(40(43)46)29(4)38(37(49-41)23-25-44)50(7,8)34-19-17-33(48-6)18-20-34/h10,12-22,26,29,37-38,44H,9,11,23-25H2,1-8H3,(H,42,45)/b28-22+/t29-,37+,38-,41+/m0/s1. The smallest absolute Gasteiger partial charge is 0.264 e. The van der Waals surface area contributed by atoms with E-state index in [-0.39, 0.29) is 36.0 Å². The highest BCUT2D eigenvalue weighted by Gasteiger charge is 2.66. The Hall–Kier alpha value is -4.18. The van der Waals surface area contributed by atoms with Gasteiger partial charge in [-0.25, -0.2) is 0 Å². The summed E-state index contributed by atoms with van der Waals surface area (Å²) in [5.41, 5.74) is 3.85. The van der Waals surface area contributed by atoms with Crippen LogP contribution in [0.25, 0.3) is 0 Å². The molecule has 50 heavy (non-hydrogen) atoms. The van der Waals surface area contributed by atoms with Crippen LogP contribution in [0.15, 0.2) is 90.0 Å². The highest BCUT2D eigenvalue weighted by Crippen LogP contribution is 2.60. The molecule has 8 nitrogen and oxygen atoms in total. The number of allylic oxidation sites excluding steroid dienone is 3. The quantitative estimate of drug-likeness (QED) is 0.141. The molecule has 2 amide bonds. The van der Waals surface area contributed by atoms with Gasteiger partial charge < -0.3 is 29.5 Å². The first-order valence-electron chi connectivity index (χ1n) is 17.5. The van der Waals surface area contributed by atoms with Gasteiger partial charge in [-0.15, -0.1) is 0 Å². The predicted octanol–water partition coefficient (Wildman–Crippen LogP) is 7.59. The summed E-state index contributed by atoms with van der Waals surface area (Å²) in [7, 11) is 0.924. The van der Waals surface area contributed by atoms with Gasteiger partial charge >= 0.3 is 0 Å². The van der Waals surface area contributed by atoms with E-state index in [1.165, 1.54) is 16.3 Å². The molecule has 0 saturated carbocycles. The third-order valence-corrected chi connectivity index (χ3v) is 14.9. The molecule has 0 bridgehead atoms. The van der Waals surface area contributed by atoms with Crippen LogP contribution in [0.1, 0.15) is 62.9 Å². The number of ether oxygens (including phenoxy) is 3. The predicted molar refractivity (Wildman–Crippen MR) is 203 cm³/mol. The Morgan fingerprint density at radius 2 is 1.62 bits per heavy atom. The van der Waals surface area contributed by atoms with Crippen LogP contribution in [0.4, 0.5) is 11.4 Å². The molecule has 2 aliphatic heterocycles. The van der Waals surface area contributed by atoms with Crippen molar-refractivity contribution in [3.8, 4) is 11.5 Å². The third-order valence-electron chi connectivity index (χ3n) is 10.6. The maximum Gasteiger partial charge on any atom is 0.264 e. The number of carbonyl (C=O) groups is 2. The van der Waals surface area contributed by atoms with Gasteiger partial charge in [-0.3, -0.25) is 9.59 Å². The van der Waals surface area contributed by atoms with Crippen molar-refractivity contribution in [2.75, 3.05) is 37.6 Å². The molecule has 5 rings (SSSR count). The van der Waals surface area contributed by atoms with Crippen LogP contribution in [0.2, 0.25) is 18.6 Å². The molecule has 3 aromatic carbocycles. The van der Waals surface area contributed by atoms with Gasteiger partial charge in [0.05, 0.1) is 34.1 Å². The lowest BCUT2D eigenvalue weighted by atomic mass is 9.82. The second kappa shape index (κ2) is 15.4. The summed E-state index contributed by atoms with van der Waals surface area (Å²) < 4.78 is 17.8. The van der Waals surface area contributed by atoms with Crippen molar-refractivity contribution in [3.05, 3.63) is 101 Å². The van der Waals surface area contributed by atoms with Crippen LogP contribution in [-0.4, -0.2) is 58.5 Å². The largest absolute Gasteiger partial charge is 0.497 e. The van der Waals surface area contributed by atoms with Gasteiger partial charge in [-0.2, -0.15) is 0 Å². The molecule has 9 heteroatoms. The zero-order valence-corrected chi connectivity index (χ0v) is 31.7. The fourth-order valence-electron chi connectivity index (χ4n) is 7.85. The number of benzene rings is 3. The van der Waals surface area contributed by atoms with Gasteiger partial charge in [0.15, 0.2) is 5.60 Å². The average Bonchev–Trinajstić information content (AvgIpc) is 3.53. The van der Waals surface area contributed by atoms with Crippen molar-refractivity contribution in [1.29, 1.82) is 0 Å². The van der Waals surface area contributed by atoms with Crippen LogP contribution < -0.4 is 24.9 Å². The minimum atomic E-state index is -2.32. The zero-order valence-electron chi connectivity index (χ0n) is 30.7. The number of amides is 2. The number of aliphatic hydroxyl groups excluding tert-OH is 1. The number of fused-ring (bicyclic) bond motifs is 2. The minimum Gasteiger partial charge on any atom is -0.497 e. The SMILES string of the molecule is COc1ccc(C(=O)Nc2ccc3c(c2)[C@@]2(O[C@H](CCO)[C@@H]([Si](C)(C)c4ccc(OC)cc4)[C@@H]2C)C(=O)N3C/C=C(\C)CCC=C(C)C)cc1. The Kier molecular flexibility index (Phi) is 11.4. The van der Waals surface area contributed by atoms with E-state index in [1.807, 2.05) is 35.2 Å². The highest BCUT2D eigenvalue weighted by atomic mass is 28.3. The van der Waals surface area contributed by atoms with Gasteiger partial charge in [-0.05, 0) is 100 Å². The average molecular weight is 697 g/mol. The van der Waals surface area contributed by atoms with Crippen LogP contribution in [0.3, 0.4) is 0 Å². The summed E-state index contributed by atoms with van der Waals surface area (Å²) in [6.07, 6.45) is 6.31. The molecule has 1 spiro atoms. The normalized spacial score (nSPS) is 21.7. The summed E-state index contributed by atoms with van der Waals surface area (Å²) in [5, 5.41) is 14.6. The summed E-state index contributed by atoms with van der Waals surface area (Å²) in [6.45, 7) is 13.5. The molecule has 0 aromatic heterocycles. The van der Waals surface area contributed by atoms with Crippen molar-refractivity contribution in [2.45, 2.75) is 77.3 Å². The minimum absolute atomic E-state index is 0.0127. The first kappa shape index (κ1) is 37.1. The van der Waals surface area contributed by atoms with Crippen molar-refractivity contribution >= 4 is 36.4 Å². The van der Waals surface area contributed by atoms with Gasteiger partial charge in [-0.1, -0.05) is 60.6 Å². The second-order valence-electron chi connectivity index (χ2n) is 14.4. The van der Waals surface area contributed by atoms with E-state index in [4.69, 9.17) is 14.2 Å². The zero-order chi connectivity index (χ0) is 36.2. The molecule has 266 valence electrons. The molecular weight excluding hydrogens is 645 g/mol. The number of hydrogen-bond donors (Lipinski definition) is 2. The van der Waals surface area contributed by atoms with Crippen LogP contribution >= 0.6 is 0 Å². The van der Waals surface area contributed by atoms with E-state index in [2.05, 4.69) is 70.4 Å². The maximum atomic E-state index is 15.0. The number of carbonyl (C=O) groups excluding carboxylic acids is 2. The van der Waals surface area contributed by atoms with Crippen molar-refractivity contribution in [1.82, 2.24) is 0 Å². The van der Waals surface area contributed by atoms with E-state index in [0.717, 1.165) is 29.8 Å². The molecule has 1 fully saturated rings. The lowest BCUT2D eigenvalue weighted by molar-refractivity contribution is -0.146. The number of hydrogen-bond acceptors (Lipinski definition) is 6. The molecule has 2 aliphatic rings. The Morgan fingerprint density at radius 3 is 2.22 bits per heavy atom. The Balaban J connectivity index is 1.56. The third kappa shape index (κ3) is 7.17. The van der Waals surface area contributed by atoms with Gasteiger partial charge in [0.1, 0.15) is 11.5 Å². The first-order valence-corrected chi connectivity index (χ1v) is 20.6. The Bertz CT molecular complexity index is 1750. The summed E-state index contributed by atoms with van der Waals surface area (Å²) in [6, 6.07) is 20.9. The summed E-state index contributed by atoms with van der Waals surface area (Å²) in [5.74, 6) is 0.886. The maximum absolute atomic E-state index is 15.0. The molecule has 2 heterocycles. The van der Waals surface area contributed by atoms with Gasteiger partial charge in [0.25, 0.3) is 11.8 Å². The molecule has 1 saturated heterocycles. The van der Waals surface area contributed by atoms with E-state index >= 15 is 0 Å². The number of nitrogens with one attached hydrogen (secondary N) is 1. The fraction of sp³-hybridized carbons (Fsp3) is 0.415. The number of nitrogens with zero attached hydrogens (tertiary/aromatic N) is 1. The lowest BCUT2D eigenvalue weighted by Gasteiger charge is -2.37. The monoisotopic (exact) mass is 696 g/mol. The number of methoxy groups -OCH3 is 2. The fourth-order valence-corrected chi connectivity index (χ4v) is 11.9. The van der Waals surface area contributed by atoms with Crippen molar-refractivity contribution in [3.63, 3.8) is 0 Å². The van der Waals surface area contributed by atoms with Crippen LogP contribution in [0, 0.1) is 5.92 Å². The van der Waals surface area contributed by atoms with Gasteiger partial charge in [0.2, 0.25) is 0 Å².